The molecule has 2 N–H and O–H groups in total. The third kappa shape index (κ3) is 4.79. The van der Waals surface area contributed by atoms with Crippen LogP contribution in [0.15, 0.2) is 47.4 Å². The van der Waals surface area contributed by atoms with Gasteiger partial charge in [0, 0.05) is 23.2 Å². The molecule has 0 unspecified atom stereocenters. The van der Waals surface area contributed by atoms with Gasteiger partial charge in [0.05, 0.1) is 5.75 Å². The number of carbonyl (C=O) groups is 2. The van der Waals surface area contributed by atoms with Gasteiger partial charge in [0.2, 0.25) is 5.91 Å². The van der Waals surface area contributed by atoms with Gasteiger partial charge < -0.3 is 10.6 Å². The molecule has 0 radical (unpaired) electrons. The number of hydrogen-bond donors (Lipinski definition) is 2. The molecule has 0 aliphatic heterocycles. The summed E-state index contributed by atoms with van der Waals surface area (Å²) >= 11 is 0.909. The Morgan fingerprint density at radius 1 is 1.09 bits per heavy atom. The first-order valence-corrected chi connectivity index (χ1v) is 7.68. The van der Waals surface area contributed by atoms with E-state index in [0.717, 1.165) is 30.0 Å². The summed E-state index contributed by atoms with van der Waals surface area (Å²) < 4.78 is 26.5. The van der Waals surface area contributed by atoms with Crippen LogP contribution in [0, 0.1) is 11.6 Å². The van der Waals surface area contributed by atoms with E-state index in [1.807, 2.05) is 0 Å². The zero-order chi connectivity index (χ0) is 16.8. The second-order valence-corrected chi connectivity index (χ2v) is 5.59. The van der Waals surface area contributed by atoms with Crippen molar-refractivity contribution in [1.82, 2.24) is 5.32 Å². The van der Waals surface area contributed by atoms with E-state index in [9.17, 15) is 18.4 Å². The predicted molar refractivity (Wildman–Crippen MR) is 85.5 cm³/mol. The van der Waals surface area contributed by atoms with Gasteiger partial charge in [-0.2, -0.15) is 0 Å². The fourth-order valence-electron chi connectivity index (χ4n) is 1.78. The summed E-state index contributed by atoms with van der Waals surface area (Å²) in [6, 6.07) is 9.43. The van der Waals surface area contributed by atoms with Crippen molar-refractivity contribution in [3.05, 3.63) is 59.7 Å². The fourth-order valence-corrected chi connectivity index (χ4v) is 2.54. The van der Waals surface area contributed by atoms with Gasteiger partial charge in [-0.1, -0.05) is 0 Å². The third-order valence-electron chi connectivity index (χ3n) is 2.91. The van der Waals surface area contributed by atoms with Gasteiger partial charge in [0.25, 0.3) is 5.91 Å². The van der Waals surface area contributed by atoms with Crippen LogP contribution in [0.1, 0.15) is 10.4 Å². The van der Waals surface area contributed by atoms with Gasteiger partial charge in [0.15, 0.2) is 0 Å². The van der Waals surface area contributed by atoms with Gasteiger partial charge >= 0.3 is 0 Å². The normalized spacial score (nSPS) is 10.2. The first-order chi connectivity index (χ1) is 11.0. The molecular formula is C16H14F2N2O2S. The van der Waals surface area contributed by atoms with E-state index in [4.69, 9.17) is 0 Å². The molecule has 0 aliphatic carbocycles. The number of carbonyl (C=O) groups excluding carboxylic acids is 2. The first-order valence-electron chi connectivity index (χ1n) is 6.69. The highest BCUT2D eigenvalue weighted by atomic mass is 32.2. The molecule has 4 nitrogen and oxygen atoms in total. The topological polar surface area (TPSA) is 58.2 Å². The van der Waals surface area contributed by atoms with E-state index < -0.39 is 11.6 Å². The van der Waals surface area contributed by atoms with Crippen LogP contribution in [0.3, 0.4) is 0 Å². The maximum atomic E-state index is 13.4. The quantitative estimate of drug-likeness (QED) is 0.825. The van der Waals surface area contributed by atoms with Gasteiger partial charge in [-0.3, -0.25) is 9.59 Å². The molecule has 0 aromatic heterocycles. The molecule has 0 spiro atoms. The van der Waals surface area contributed by atoms with Crippen molar-refractivity contribution in [1.29, 1.82) is 0 Å². The van der Waals surface area contributed by atoms with Crippen LogP contribution >= 0.6 is 11.8 Å². The van der Waals surface area contributed by atoms with Gasteiger partial charge in [-0.05, 0) is 42.5 Å². The van der Waals surface area contributed by atoms with Crippen LogP contribution in [0.25, 0.3) is 0 Å². The van der Waals surface area contributed by atoms with E-state index in [1.165, 1.54) is 7.05 Å². The highest BCUT2D eigenvalue weighted by Gasteiger charge is 2.09. The van der Waals surface area contributed by atoms with Gasteiger partial charge in [0.1, 0.15) is 11.6 Å². The van der Waals surface area contributed by atoms with Gasteiger partial charge in [-0.25, -0.2) is 8.78 Å². The van der Waals surface area contributed by atoms with Crippen molar-refractivity contribution in [2.24, 2.45) is 0 Å². The molecule has 120 valence electrons. The molecule has 0 bridgehead atoms. The summed E-state index contributed by atoms with van der Waals surface area (Å²) in [6.45, 7) is 0. The van der Waals surface area contributed by atoms with E-state index in [1.54, 1.807) is 24.3 Å². The van der Waals surface area contributed by atoms with Crippen molar-refractivity contribution in [3.8, 4) is 0 Å². The zero-order valence-electron chi connectivity index (χ0n) is 12.2. The maximum Gasteiger partial charge on any atom is 0.251 e. The third-order valence-corrected chi connectivity index (χ3v) is 3.94. The number of rotatable bonds is 5. The van der Waals surface area contributed by atoms with Crippen molar-refractivity contribution >= 4 is 29.3 Å². The minimum atomic E-state index is -0.570. The molecular weight excluding hydrogens is 322 g/mol. The molecule has 2 amide bonds. The molecule has 0 heterocycles. The van der Waals surface area contributed by atoms with E-state index in [0.29, 0.717) is 11.3 Å². The van der Waals surface area contributed by atoms with E-state index >= 15 is 0 Å². The predicted octanol–water partition coefficient (Wildman–Crippen LogP) is 3.06. The molecule has 2 aromatic carbocycles. The summed E-state index contributed by atoms with van der Waals surface area (Å²) in [5.41, 5.74) is 0.990. The molecule has 2 rings (SSSR count). The second-order valence-electron chi connectivity index (χ2n) is 4.57. The van der Waals surface area contributed by atoms with Crippen molar-refractivity contribution < 1.29 is 18.4 Å². The van der Waals surface area contributed by atoms with E-state index in [-0.39, 0.29) is 22.5 Å². The zero-order valence-corrected chi connectivity index (χ0v) is 13.0. The Morgan fingerprint density at radius 2 is 1.78 bits per heavy atom. The minimum absolute atomic E-state index is 0.0580. The Hall–Kier alpha value is -2.41. The fraction of sp³-hybridized carbons (Fsp3) is 0.125. The number of anilines is 1. The largest absolute Gasteiger partial charge is 0.355 e. The lowest BCUT2D eigenvalue weighted by atomic mass is 10.2. The Kier molecular flexibility index (Phi) is 5.70. The monoisotopic (exact) mass is 336 g/mol. The number of halogens is 2. The number of nitrogens with one attached hydrogen (secondary N) is 2. The average Bonchev–Trinajstić information content (AvgIpc) is 2.55. The average molecular weight is 336 g/mol. The Balaban J connectivity index is 1.92. The smallest absolute Gasteiger partial charge is 0.251 e. The second kappa shape index (κ2) is 7.73. The molecule has 7 heteroatoms. The molecule has 0 atom stereocenters. The van der Waals surface area contributed by atoms with Crippen LogP contribution in [-0.2, 0) is 4.79 Å². The van der Waals surface area contributed by atoms with Crippen molar-refractivity contribution in [2.45, 2.75) is 4.90 Å². The summed E-state index contributed by atoms with van der Waals surface area (Å²) in [4.78, 5) is 23.3. The molecule has 0 saturated heterocycles. The van der Waals surface area contributed by atoms with E-state index in [2.05, 4.69) is 10.6 Å². The molecule has 23 heavy (non-hydrogen) atoms. The standard InChI is InChI=1S/C16H14F2N2O2S/c1-19-16(22)10-2-5-12(6-3-10)20-15(21)9-23-14-8-11(17)4-7-13(14)18/h2-8H,9H2,1H3,(H,19,22)(H,20,21). The van der Waals surface area contributed by atoms with Crippen LogP contribution in [0.4, 0.5) is 14.5 Å². The summed E-state index contributed by atoms with van der Waals surface area (Å²) in [5.74, 6) is -1.76. The lowest BCUT2D eigenvalue weighted by Crippen LogP contribution is -2.18. The summed E-state index contributed by atoms with van der Waals surface area (Å²) in [6.07, 6.45) is 0. The number of amides is 2. The molecule has 2 aromatic rings. The molecule has 0 saturated carbocycles. The van der Waals surface area contributed by atoms with Crippen LogP contribution in [-0.4, -0.2) is 24.6 Å². The highest BCUT2D eigenvalue weighted by molar-refractivity contribution is 8.00. The number of hydrogen-bond acceptors (Lipinski definition) is 3. The Labute approximate surface area is 136 Å². The molecule has 0 fully saturated rings. The molecule has 0 aliphatic rings. The SMILES string of the molecule is CNC(=O)c1ccc(NC(=O)CSc2cc(F)ccc2F)cc1. The first kappa shape index (κ1) is 17.0. The maximum absolute atomic E-state index is 13.4. The Bertz CT molecular complexity index is 721. The van der Waals surface area contributed by atoms with Crippen molar-refractivity contribution in [2.75, 3.05) is 18.1 Å². The highest BCUT2D eigenvalue weighted by Crippen LogP contribution is 2.22. The van der Waals surface area contributed by atoms with Gasteiger partial charge in [-0.15, -0.1) is 11.8 Å². The van der Waals surface area contributed by atoms with Crippen LogP contribution < -0.4 is 10.6 Å². The summed E-state index contributed by atoms with van der Waals surface area (Å²) in [5, 5.41) is 5.12. The Morgan fingerprint density at radius 3 is 2.43 bits per heavy atom. The van der Waals surface area contributed by atoms with Crippen molar-refractivity contribution in [3.63, 3.8) is 0 Å². The van der Waals surface area contributed by atoms with Crippen LogP contribution in [0.5, 0.6) is 0 Å². The number of benzene rings is 2. The lowest BCUT2D eigenvalue weighted by Gasteiger charge is -2.07. The van der Waals surface area contributed by atoms with Crippen LogP contribution in [0.2, 0.25) is 0 Å². The summed E-state index contributed by atoms with van der Waals surface area (Å²) in [7, 11) is 1.53. The minimum Gasteiger partial charge on any atom is -0.355 e. The lowest BCUT2D eigenvalue weighted by molar-refractivity contribution is -0.113. The number of thioether (sulfide) groups is 1.